The number of hydrogen-bond acceptors (Lipinski definition) is 3. The monoisotopic (exact) mass is 313 g/mol. The number of fused-ring (bicyclic) bond motifs is 1. The summed E-state index contributed by atoms with van der Waals surface area (Å²) < 4.78 is 1.83. The molecular formula is C16H19N5O2. The number of benzene rings is 1. The Morgan fingerprint density at radius 3 is 2.74 bits per heavy atom. The van der Waals surface area contributed by atoms with Crippen LogP contribution in [0.15, 0.2) is 36.4 Å². The topological polar surface area (TPSA) is 79.3 Å². The van der Waals surface area contributed by atoms with Gasteiger partial charge in [0.15, 0.2) is 5.82 Å². The first-order valence-electron chi connectivity index (χ1n) is 7.53. The van der Waals surface area contributed by atoms with E-state index in [0.29, 0.717) is 31.9 Å². The molecule has 0 bridgehead atoms. The average molecular weight is 313 g/mol. The Kier molecular flexibility index (Phi) is 4.27. The number of anilines is 1. The first-order valence-corrected chi connectivity index (χ1v) is 7.53. The van der Waals surface area contributed by atoms with Crippen molar-refractivity contribution >= 4 is 17.8 Å². The molecular weight excluding hydrogens is 294 g/mol. The van der Waals surface area contributed by atoms with Gasteiger partial charge in [-0.3, -0.25) is 14.8 Å². The molecule has 2 heterocycles. The van der Waals surface area contributed by atoms with E-state index in [1.807, 2.05) is 39.9 Å². The number of carbonyl (C=O) groups is 2. The molecule has 7 heteroatoms. The molecule has 0 spiro atoms. The predicted molar refractivity (Wildman–Crippen MR) is 85.9 cm³/mol. The van der Waals surface area contributed by atoms with Crippen molar-refractivity contribution in [1.29, 1.82) is 0 Å². The van der Waals surface area contributed by atoms with E-state index in [1.165, 1.54) is 0 Å². The molecule has 0 aliphatic carbocycles. The zero-order chi connectivity index (χ0) is 16.2. The third-order valence-corrected chi connectivity index (χ3v) is 3.82. The number of urea groups is 1. The number of carbonyl (C=O) groups excluding carboxylic acids is 2. The van der Waals surface area contributed by atoms with Crippen LogP contribution in [-0.4, -0.2) is 40.2 Å². The zero-order valence-electron chi connectivity index (χ0n) is 13.0. The van der Waals surface area contributed by atoms with Gasteiger partial charge in [0.25, 0.3) is 0 Å². The van der Waals surface area contributed by atoms with Crippen molar-refractivity contribution < 1.29 is 9.59 Å². The standard InChI is InChI=1S/C16H19N5O2/c1-17-16(23)18-14-10-13-11-20(7-8-21(13)19-14)15(22)9-12-5-3-2-4-6-12/h2-6,10H,7-9,11H2,1H3,(H2,17,18,19,23). The summed E-state index contributed by atoms with van der Waals surface area (Å²) in [5.74, 6) is 0.598. The van der Waals surface area contributed by atoms with Gasteiger partial charge in [-0.2, -0.15) is 5.10 Å². The van der Waals surface area contributed by atoms with E-state index in [-0.39, 0.29) is 11.9 Å². The largest absolute Gasteiger partial charge is 0.341 e. The minimum absolute atomic E-state index is 0.101. The molecule has 0 saturated heterocycles. The van der Waals surface area contributed by atoms with Crippen molar-refractivity contribution in [3.63, 3.8) is 0 Å². The minimum Gasteiger partial charge on any atom is -0.341 e. The van der Waals surface area contributed by atoms with Crippen LogP contribution in [0.1, 0.15) is 11.3 Å². The molecule has 2 aromatic rings. The first kappa shape index (κ1) is 15.1. The molecule has 1 aliphatic rings. The summed E-state index contributed by atoms with van der Waals surface area (Å²) in [7, 11) is 1.55. The minimum atomic E-state index is -0.308. The summed E-state index contributed by atoms with van der Waals surface area (Å²) in [4.78, 5) is 25.6. The molecule has 2 N–H and O–H groups in total. The van der Waals surface area contributed by atoms with Gasteiger partial charge < -0.3 is 10.2 Å². The number of amides is 3. The van der Waals surface area contributed by atoms with Gasteiger partial charge in [0, 0.05) is 19.7 Å². The van der Waals surface area contributed by atoms with Crippen LogP contribution in [-0.2, 0) is 24.3 Å². The van der Waals surface area contributed by atoms with Crippen molar-refractivity contribution in [2.24, 2.45) is 0 Å². The highest BCUT2D eigenvalue weighted by molar-refractivity contribution is 5.88. The Balaban J connectivity index is 1.65. The van der Waals surface area contributed by atoms with Crippen LogP contribution in [0.4, 0.5) is 10.6 Å². The molecule has 1 aromatic carbocycles. The lowest BCUT2D eigenvalue weighted by Crippen LogP contribution is -2.39. The molecule has 1 aromatic heterocycles. The maximum absolute atomic E-state index is 12.4. The fourth-order valence-corrected chi connectivity index (χ4v) is 2.60. The van der Waals surface area contributed by atoms with Crippen LogP contribution in [0, 0.1) is 0 Å². The third-order valence-electron chi connectivity index (χ3n) is 3.82. The van der Waals surface area contributed by atoms with Gasteiger partial charge in [0.05, 0.1) is 25.2 Å². The van der Waals surface area contributed by atoms with Crippen LogP contribution < -0.4 is 10.6 Å². The molecule has 3 amide bonds. The molecule has 7 nitrogen and oxygen atoms in total. The molecule has 3 rings (SSSR count). The van der Waals surface area contributed by atoms with Gasteiger partial charge in [0.1, 0.15) is 0 Å². The zero-order valence-corrected chi connectivity index (χ0v) is 13.0. The van der Waals surface area contributed by atoms with Crippen molar-refractivity contribution in [2.45, 2.75) is 19.5 Å². The molecule has 0 radical (unpaired) electrons. The van der Waals surface area contributed by atoms with Crippen molar-refractivity contribution in [3.05, 3.63) is 47.7 Å². The van der Waals surface area contributed by atoms with Gasteiger partial charge >= 0.3 is 6.03 Å². The van der Waals surface area contributed by atoms with E-state index < -0.39 is 0 Å². The normalized spacial score (nSPS) is 13.3. The highest BCUT2D eigenvalue weighted by Crippen LogP contribution is 2.17. The van der Waals surface area contributed by atoms with Gasteiger partial charge in [0.2, 0.25) is 5.91 Å². The summed E-state index contributed by atoms with van der Waals surface area (Å²) in [6, 6.07) is 11.2. The lowest BCUT2D eigenvalue weighted by Gasteiger charge is -2.27. The number of aromatic nitrogens is 2. The SMILES string of the molecule is CNC(=O)Nc1cc2n(n1)CCN(C(=O)Cc1ccccc1)C2. The molecule has 0 unspecified atom stereocenters. The maximum atomic E-state index is 12.4. The van der Waals surface area contributed by atoms with E-state index >= 15 is 0 Å². The Labute approximate surface area is 134 Å². The molecule has 0 fully saturated rings. The Morgan fingerprint density at radius 2 is 2.00 bits per heavy atom. The van der Waals surface area contributed by atoms with Gasteiger partial charge in [-0.15, -0.1) is 0 Å². The number of nitrogens with zero attached hydrogens (tertiary/aromatic N) is 3. The van der Waals surface area contributed by atoms with Crippen LogP contribution in [0.25, 0.3) is 0 Å². The van der Waals surface area contributed by atoms with Gasteiger partial charge in [-0.25, -0.2) is 4.79 Å². The van der Waals surface area contributed by atoms with E-state index in [1.54, 1.807) is 13.1 Å². The summed E-state index contributed by atoms with van der Waals surface area (Å²) in [6.45, 7) is 1.76. The third kappa shape index (κ3) is 3.50. The second-order valence-electron chi connectivity index (χ2n) is 5.43. The number of nitrogens with one attached hydrogen (secondary N) is 2. The van der Waals surface area contributed by atoms with Crippen molar-refractivity contribution in [1.82, 2.24) is 20.0 Å². The van der Waals surface area contributed by atoms with E-state index in [9.17, 15) is 9.59 Å². The van der Waals surface area contributed by atoms with Gasteiger partial charge in [-0.1, -0.05) is 30.3 Å². The van der Waals surface area contributed by atoms with E-state index in [0.717, 1.165) is 11.3 Å². The Hall–Kier alpha value is -2.83. The Morgan fingerprint density at radius 1 is 1.22 bits per heavy atom. The average Bonchev–Trinajstić information content (AvgIpc) is 2.96. The van der Waals surface area contributed by atoms with Gasteiger partial charge in [-0.05, 0) is 5.56 Å². The lowest BCUT2D eigenvalue weighted by atomic mass is 10.1. The number of hydrogen-bond donors (Lipinski definition) is 2. The van der Waals surface area contributed by atoms with E-state index in [4.69, 9.17) is 0 Å². The summed E-state index contributed by atoms with van der Waals surface area (Å²) in [6.07, 6.45) is 0.401. The lowest BCUT2D eigenvalue weighted by molar-refractivity contribution is -0.132. The number of rotatable bonds is 3. The van der Waals surface area contributed by atoms with Crippen LogP contribution >= 0.6 is 0 Å². The molecule has 0 saturated carbocycles. The first-order chi connectivity index (χ1) is 11.2. The molecule has 23 heavy (non-hydrogen) atoms. The molecule has 1 aliphatic heterocycles. The maximum Gasteiger partial charge on any atom is 0.320 e. The van der Waals surface area contributed by atoms with Crippen LogP contribution in [0.2, 0.25) is 0 Å². The van der Waals surface area contributed by atoms with Crippen molar-refractivity contribution in [2.75, 3.05) is 18.9 Å². The second-order valence-corrected chi connectivity index (χ2v) is 5.43. The predicted octanol–water partition coefficient (Wildman–Crippen LogP) is 1.22. The molecule has 0 atom stereocenters. The fourth-order valence-electron chi connectivity index (χ4n) is 2.60. The summed E-state index contributed by atoms with van der Waals surface area (Å²) in [5.41, 5.74) is 1.93. The smallest absolute Gasteiger partial charge is 0.320 e. The quantitative estimate of drug-likeness (QED) is 0.894. The second kappa shape index (κ2) is 6.51. The van der Waals surface area contributed by atoms with E-state index in [2.05, 4.69) is 15.7 Å². The van der Waals surface area contributed by atoms with Crippen LogP contribution in [0.5, 0.6) is 0 Å². The summed E-state index contributed by atoms with van der Waals surface area (Å²) in [5, 5.41) is 9.45. The van der Waals surface area contributed by atoms with Crippen molar-refractivity contribution in [3.8, 4) is 0 Å². The fraction of sp³-hybridized carbons (Fsp3) is 0.312. The highest BCUT2D eigenvalue weighted by atomic mass is 16.2. The van der Waals surface area contributed by atoms with Crippen LogP contribution in [0.3, 0.4) is 0 Å². The summed E-state index contributed by atoms with van der Waals surface area (Å²) >= 11 is 0. The Bertz CT molecular complexity index is 711. The molecule has 120 valence electrons. The highest BCUT2D eigenvalue weighted by Gasteiger charge is 2.22.